The smallest absolute Gasteiger partial charge is 0.315 e. The summed E-state index contributed by atoms with van der Waals surface area (Å²) in [7, 11) is 1.38. The fourth-order valence-corrected chi connectivity index (χ4v) is 2.91. The molecule has 0 bridgehead atoms. The summed E-state index contributed by atoms with van der Waals surface area (Å²) >= 11 is 2.14. The molecule has 1 aliphatic carbocycles. The second-order valence-corrected chi connectivity index (χ2v) is 3.95. The van der Waals surface area contributed by atoms with E-state index in [9.17, 15) is 9.90 Å². The number of hydrogen-bond donors (Lipinski definition) is 1. The van der Waals surface area contributed by atoms with Crippen molar-refractivity contribution in [2.24, 2.45) is 5.41 Å². The standard InChI is InChI=1S/C8H13IO3/c1-12-7(11)8(5-9)4-2-3-6(8)10/h6,10H,2-5H2,1H3/t6-,8-/m1/s1. The molecule has 4 heteroatoms. The molecule has 70 valence electrons. The number of esters is 1. The maximum atomic E-state index is 11.4. The van der Waals surface area contributed by atoms with Crippen LogP contribution in [0.2, 0.25) is 0 Å². The van der Waals surface area contributed by atoms with Gasteiger partial charge in [0.05, 0.1) is 13.2 Å². The van der Waals surface area contributed by atoms with Crippen LogP contribution >= 0.6 is 22.6 Å². The van der Waals surface area contributed by atoms with Gasteiger partial charge in [0, 0.05) is 4.43 Å². The topological polar surface area (TPSA) is 46.5 Å². The van der Waals surface area contributed by atoms with E-state index >= 15 is 0 Å². The summed E-state index contributed by atoms with van der Waals surface area (Å²) in [5, 5.41) is 9.64. The van der Waals surface area contributed by atoms with E-state index in [0.717, 1.165) is 19.3 Å². The molecule has 1 rings (SSSR count). The molecule has 0 radical (unpaired) electrons. The molecule has 1 saturated carbocycles. The third-order valence-electron chi connectivity index (χ3n) is 2.57. The second kappa shape index (κ2) is 3.91. The SMILES string of the molecule is COC(=O)[C@@]1(CI)CCC[C@H]1O. The van der Waals surface area contributed by atoms with Gasteiger partial charge in [-0.05, 0) is 19.3 Å². The Morgan fingerprint density at radius 1 is 1.83 bits per heavy atom. The number of aliphatic hydroxyl groups excluding tert-OH is 1. The van der Waals surface area contributed by atoms with E-state index in [2.05, 4.69) is 22.6 Å². The van der Waals surface area contributed by atoms with Crippen molar-refractivity contribution < 1.29 is 14.6 Å². The van der Waals surface area contributed by atoms with E-state index in [-0.39, 0.29) is 5.97 Å². The lowest BCUT2D eigenvalue weighted by molar-refractivity contribution is -0.156. The Morgan fingerprint density at radius 2 is 2.50 bits per heavy atom. The molecule has 0 aromatic heterocycles. The Kier molecular flexibility index (Phi) is 3.34. The highest BCUT2D eigenvalue weighted by atomic mass is 127. The van der Waals surface area contributed by atoms with Gasteiger partial charge in [0.2, 0.25) is 0 Å². The molecule has 0 spiro atoms. The van der Waals surface area contributed by atoms with Crippen LogP contribution in [-0.2, 0) is 9.53 Å². The van der Waals surface area contributed by atoms with Crippen LogP contribution in [0.3, 0.4) is 0 Å². The first kappa shape index (κ1) is 10.2. The molecule has 2 atom stereocenters. The Hall–Kier alpha value is 0.160. The Labute approximate surface area is 85.6 Å². The van der Waals surface area contributed by atoms with Crippen molar-refractivity contribution in [3.8, 4) is 0 Å². The van der Waals surface area contributed by atoms with Gasteiger partial charge >= 0.3 is 5.97 Å². The van der Waals surface area contributed by atoms with Crippen molar-refractivity contribution in [2.75, 3.05) is 11.5 Å². The van der Waals surface area contributed by atoms with Crippen molar-refractivity contribution in [1.29, 1.82) is 0 Å². The predicted octanol–water partition coefficient (Wildman–Crippen LogP) is 1.13. The minimum absolute atomic E-state index is 0.262. The van der Waals surface area contributed by atoms with Gasteiger partial charge in [-0.1, -0.05) is 22.6 Å². The van der Waals surface area contributed by atoms with Crippen LogP contribution < -0.4 is 0 Å². The van der Waals surface area contributed by atoms with Gasteiger partial charge in [0.25, 0.3) is 0 Å². The number of carbonyl (C=O) groups is 1. The van der Waals surface area contributed by atoms with Crippen molar-refractivity contribution in [3.63, 3.8) is 0 Å². The van der Waals surface area contributed by atoms with Gasteiger partial charge in [-0.2, -0.15) is 0 Å². The molecule has 0 aromatic rings. The van der Waals surface area contributed by atoms with E-state index in [1.807, 2.05) is 0 Å². The van der Waals surface area contributed by atoms with Crippen LogP contribution in [0.1, 0.15) is 19.3 Å². The zero-order chi connectivity index (χ0) is 9.19. The third kappa shape index (κ3) is 1.46. The third-order valence-corrected chi connectivity index (χ3v) is 3.93. The molecule has 0 saturated heterocycles. The molecule has 0 heterocycles. The zero-order valence-corrected chi connectivity index (χ0v) is 9.20. The highest BCUT2D eigenvalue weighted by molar-refractivity contribution is 14.1. The van der Waals surface area contributed by atoms with Crippen LogP contribution in [0.5, 0.6) is 0 Å². The van der Waals surface area contributed by atoms with Gasteiger partial charge in [-0.3, -0.25) is 4.79 Å². The van der Waals surface area contributed by atoms with Crippen LogP contribution in [0.25, 0.3) is 0 Å². The molecule has 0 aromatic carbocycles. The molecule has 0 amide bonds. The van der Waals surface area contributed by atoms with Gasteiger partial charge in [0.1, 0.15) is 5.41 Å². The van der Waals surface area contributed by atoms with Gasteiger partial charge in [-0.15, -0.1) is 0 Å². The largest absolute Gasteiger partial charge is 0.468 e. The molecule has 1 fully saturated rings. The van der Waals surface area contributed by atoms with E-state index < -0.39 is 11.5 Å². The summed E-state index contributed by atoms with van der Waals surface area (Å²) in [6, 6.07) is 0. The Balaban J connectivity index is 2.81. The fraction of sp³-hybridized carbons (Fsp3) is 0.875. The van der Waals surface area contributed by atoms with E-state index in [1.54, 1.807) is 0 Å². The van der Waals surface area contributed by atoms with Crippen molar-refractivity contribution in [2.45, 2.75) is 25.4 Å². The van der Waals surface area contributed by atoms with E-state index in [4.69, 9.17) is 4.74 Å². The summed E-state index contributed by atoms with van der Waals surface area (Å²) in [6.07, 6.45) is 1.88. The molecular formula is C8H13IO3. The van der Waals surface area contributed by atoms with Crippen LogP contribution in [0.4, 0.5) is 0 Å². The number of ether oxygens (including phenoxy) is 1. The lowest BCUT2D eigenvalue weighted by Crippen LogP contribution is -2.40. The fourth-order valence-electron chi connectivity index (χ4n) is 1.71. The van der Waals surface area contributed by atoms with Crippen LogP contribution in [-0.4, -0.2) is 28.7 Å². The summed E-state index contributed by atoms with van der Waals surface area (Å²) in [5.74, 6) is -0.262. The number of carbonyl (C=O) groups excluding carboxylic acids is 1. The second-order valence-electron chi connectivity index (χ2n) is 3.19. The Bertz CT molecular complexity index is 183. The maximum Gasteiger partial charge on any atom is 0.315 e. The highest BCUT2D eigenvalue weighted by Crippen LogP contribution is 2.40. The lowest BCUT2D eigenvalue weighted by Gasteiger charge is -2.26. The van der Waals surface area contributed by atoms with E-state index in [0.29, 0.717) is 4.43 Å². The molecule has 1 N–H and O–H groups in total. The number of aliphatic hydroxyl groups is 1. The number of halogens is 1. The first-order valence-corrected chi connectivity index (χ1v) is 5.52. The molecular weight excluding hydrogens is 271 g/mol. The summed E-state index contributed by atoms with van der Waals surface area (Å²) in [5.41, 5.74) is -0.616. The number of rotatable bonds is 2. The summed E-state index contributed by atoms with van der Waals surface area (Å²) < 4.78 is 5.33. The van der Waals surface area contributed by atoms with Crippen LogP contribution in [0.15, 0.2) is 0 Å². The quantitative estimate of drug-likeness (QED) is 0.469. The first-order valence-electron chi connectivity index (χ1n) is 4.00. The monoisotopic (exact) mass is 284 g/mol. The maximum absolute atomic E-state index is 11.4. The van der Waals surface area contributed by atoms with Gasteiger partial charge in [0.15, 0.2) is 0 Å². The number of hydrogen-bond acceptors (Lipinski definition) is 3. The van der Waals surface area contributed by atoms with Gasteiger partial charge in [-0.25, -0.2) is 0 Å². The molecule has 1 aliphatic rings. The number of methoxy groups -OCH3 is 1. The summed E-state index contributed by atoms with van der Waals surface area (Å²) in [4.78, 5) is 11.4. The highest BCUT2D eigenvalue weighted by Gasteiger charge is 2.48. The Morgan fingerprint density at radius 3 is 2.83 bits per heavy atom. The first-order chi connectivity index (χ1) is 5.67. The van der Waals surface area contributed by atoms with Crippen molar-refractivity contribution in [3.05, 3.63) is 0 Å². The lowest BCUT2D eigenvalue weighted by atomic mass is 9.87. The number of alkyl halides is 1. The molecule has 3 nitrogen and oxygen atoms in total. The normalized spacial score (nSPS) is 35.1. The summed E-state index contributed by atoms with van der Waals surface area (Å²) in [6.45, 7) is 0. The van der Waals surface area contributed by atoms with Gasteiger partial charge < -0.3 is 9.84 Å². The molecule has 12 heavy (non-hydrogen) atoms. The van der Waals surface area contributed by atoms with Crippen molar-refractivity contribution in [1.82, 2.24) is 0 Å². The van der Waals surface area contributed by atoms with Crippen LogP contribution in [0, 0.1) is 5.41 Å². The van der Waals surface area contributed by atoms with Crippen molar-refractivity contribution >= 4 is 28.6 Å². The molecule has 0 aliphatic heterocycles. The van der Waals surface area contributed by atoms with E-state index in [1.165, 1.54) is 7.11 Å². The average molecular weight is 284 g/mol. The minimum atomic E-state index is -0.616. The minimum Gasteiger partial charge on any atom is -0.468 e. The molecule has 0 unspecified atom stereocenters. The average Bonchev–Trinajstić information content (AvgIpc) is 2.46. The zero-order valence-electron chi connectivity index (χ0n) is 7.05. The predicted molar refractivity (Wildman–Crippen MR) is 53.2 cm³/mol.